The lowest BCUT2D eigenvalue weighted by molar-refractivity contribution is -0.139. The zero-order valence-corrected chi connectivity index (χ0v) is 19.3. The molecule has 0 aromatic carbocycles. The summed E-state index contributed by atoms with van der Waals surface area (Å²) in [7, 11) is 0. The summed E-state index contributed by atoms with van der Waals surface area (Å²) in [5, 5.41) is 4.67. The van der Waals surface area contributed by atoms with E-state index >= 15 is 0 Å². The number of carbonyl (C=O) groups is 1. The van der Waals surface area contributed by atoms with Crippen molar-refractivity contribution in [1.29, 1.82) is 0 Å². The highest BCUT2D eigenvalue weighted by Gasteiger charge is 2.61. The van der Waals surface area contributed by atoms with E-state index in [1.54, 1.807) is 0 Å². The Labute approximate surface area is 177 Å². The molecule has 4 nitrogen and oxygen atoms in total. The number of hydrogen-bond acceptors (Lipinski definition) is 4. The fourth-order valence-corrected chi connectivity index (χ4v) is 7.96. The minimum atomic E-state index is -0.396. The highest BCUT2D eigenvalue weighted by Crippen LogP contribution is 2.66. The number of rotatable bonds is 4. The summed E-state index contributed by atoms with van der Waals surface area (Å²) in [6, 6.07) is 0. The van der Waals surface area contributed by atoms with Gasteiger partial charge in [0, 0.05) is 24.3 Å². The third kappa shape index (κ3) is 3.28. The standard InChI is InChI=1S/C25H42N2O2/c1-6-16-18-8-7-17-19-9-10-22(28)25(19,5)13-11-20(17)24(18,4)14-12-21(16)27-29-23(2,3)15-26/h16-20H,6-15,26H2,1-5H3/b27-21+/t16-,17+,18?,19+,20+,24+,25+/m1/s1. The first-order chi connectivity index (χ1) is 13.7. The molecule has 164 valence electrons. The Hall–Kier alpha value is -0.900. The molecule has 4 rings (SSSR count). The van der Waals surface area contributed by atoms with E-state index in [0.717, 1.165) is 43.9 Å². The van der Waals surface area contributed by atoms with E-state index in [9.17, 15) is 4.79 Å². The number of oxime groups is 1. The van der Waals surface area contributed by atoms with Gasteiger partial charge in [-0.05, 0) is 94.3 Å². The molecule has 0 heterocycles. The van der Waals surface area contributed by atoms with Crippen LogP contribution in [0.4, 0.5) is 0 Å². The lowest BCUT2D eigenvalue weighted by Crippen LogP contribution is -2.56. The summed E-state index contributed by atoms with van der Waals surface area (Å²) in [6.07, 6.45) is 10.3. The molecule has 4 aliphatic carbocycles. The van der Waals surface area contributed by atoms with Gasteiger partial charge in [-0.2, -0.15) is 0 Å². The molecule has 0 spiro atoms. The van der Waals surface area contributed by atoms with Crippen LogP contribution in [0.25, 0.3) is 0 Å². The number of ketones is 1. The van der Waals surface area contributed by atoms with Gasteiger partial charge in [0.25, 0.3) is 0 Å². The summed E-state index contributed by atoms with van der Waals surface area (Å²) in [4.78, 5) is 18.5. The quantitative estimate of drug-likeness (QED) is 0.645. The third-order valence-corrected chi connectivity index (χ3v) is 9.83. The Kier molecular flexibility index (Phi) is 5.41. The highest BCUT2D eigenvalue weighted by molar-refractivity contribution is 5.88. The fraction of sp³-hybridized carbons (Fsp3) is 0.920. The Balaban J connectivity index is 1.57. The molecule has 29 heavy (non-hydrogen) atoms. The van der Waals surface area contributed by atoms with Gasteiger partial charge >= 0.3 is 0 Å². The van der Waals surface area contributed by atoms with Gasteiger partial charge in [-0.25, -0.2) is 0 Å². The molecule has 1 unspecified atom stereocenters. The van der Waals surface area contributed by atoms with Crippen molar-refractivity contribution in [1.82, 2.24) is 0 Å². The molecule has 0 saturated heterocycles. The van der Waals surface area contributed by atoms with Crippen molar-refractivity contribution in [2.75, 3.05) is 6.54 Å². The number of nitrogens with zero attached hydrogens (tertiary/aromatic N) is 1. The predicted octanol–water partition coefficient (Wildman–Crippen LogP) is 5.34. The summed E-state index contributed by atoms with van der Waals surface area (Å²) in [5.74, 6) is 3.95. The van der Waals surface area contributed by atoms with E-state index in [-0.39, 0.29) is 5.41 Å². The molecule has 0 radical (unpaired) electrons. The molecular formula is C25H42N2O2. The Bertz CT molecular complexity index is 686. The summed E-state index contributed by atoms with van der Waals surface area (Å²) < 4.78 is 0. The molecule has 0 amide bonds. The van der Waals surface area contributed by atoms with E-state index in [4.69, 9.17) is 10.6 Å². The zero-order chi connectivity index (χ0) is 21.0. The van der Waals surface area contributed by atoms with Crippen LogP contribution in [0.2, 0.25) is 0 Å². The maximum absolute atomic E-state index is 12.6. The number of hydrogen-bond donors (Lipinski definition) is 1. The number of carbonyl (C=O) groups excluding carboxylic acids is 1. The van der Waals surface area contributed by atoms with Crippen molar-refractivity contribution in [3.05, 3.63) is 0 Å². The van der Waals surface area contributed by atoms with Crippen LogP contribution in [-0.2, 0) is 9.63 Å². The lowest BCUT2D eigenvalue weighted by Gasteiger charge is -2.61. The van der Waals surface area contributed by atoms with Gasteiger partial charge in [0.15, 0.2) is 0 Å². The van der Waals surface area contributed by atoms with Gasteiger partial charge in [0.2, 0.25) is 0 Å². The molecule has 0 bridgehead atoms. The first-order valence-electron chi connectivity index (χ1n) is 12.1. The SMILES string of the molecule is CC[C@H]1/C(=N/OC(C)(C)CN)CC[C@@]2(C)C1CC[C@@H]1[C@@H]2CC[C@]2(C)C(=O)CC[C@@H]12. The van der Waals surface area contributed by atoms with E-state index in [1.807, 2.05) is 13.8 Å². The maximum Gasteiger partial charge on any atom is 0.144 e. The monoisotopic (exact) mass is 402 g/mol. The van der Waals surface area contributed by atoms with E-state index < -0.39 is 5.60 Å². The fourth-order valence-electron chi connectivity index (χ4n) is 7.96. The van der Waals surface area contributed by atoms with Gasteiger partial charge in [0.1, 0.15) is 11.4 Å². The molecule has 2 N–H and O–H groups in total. The number of nitrogens with two attached hydrogens (primary N) is 1. The largest absolute Gasteiger partial charge is 0.389 e. The van der Waals surface area contributed by atoms with Gasteiger partial charge < -0.3 is 10.6 Å². The van der Waals surface area contributed by atoms with Crippen molar-refractivity contribution < 1.29 is 9.63 Å². The normalized spacial score (nSPS) is 46.2. The second-order valence-electron chi connectivity index (χ2n) is 11.6. The predicted molar refractivity (Wildman–Crippen MR) is 118 cm³/mol. The maximum atomic E-state index is 12.6. The van der Waals surface area contributed by atoms with E-state index in [0.29, 0.717) is 35.5 Å². The van der Waals surface area contributed by atoms with Crippen LogP contribution in [0.15, 0.2) is 5.16 Å². The molecular weight excluding hydrogens is 360 g/mol. The van der Waals surface area contributed by atoms with Crippen LogP contribution in [0.5, 0.6) is 0 Å². The van der Waals surface area contributed by atoms with Gasteiger partial charge in [-0.1, -0.05) is 25.9 Å². The van der Waals surface area contributed by atoms with Crippen LogP contribution in [0.3, 0.4) is 0 Å². The van der Waals surface area contributed by atoms with Gasteiger partial charge in [-0.3, -0.25) is 4.79 Å². The van der Waals surface area contributed by atoms with Gasteiger partial charge in [0.05, 0.1) is 5.71 Å². The average Bonchev–Trinajstić information content (AvgIpc) is 3.00. The van der Waals surface area contributed by atoms with E-state index in [1.165, 1.54) is 31.4 Å². The van der Waals surface area contributed by atoms with Crippen LogP contribution >= 0.6 is 0 Å². The molecule has 4 saturated carbocycles. The smallest absolute Gasteiger partial charge is 0.144 e. The van der Waals surface area contributed by atoms with Crippen molar-refractivity contribution in [3.8, 4) is 0 Å². The minimum absolute atomic E-state index is 0.0164. The average molecular weight is 403 g/mol. The Morgan fingerprint density at radius 1 is 1.07 bits per heavy atom. The molecule has 4 fully saturated rings. The first-order valence-corrected chi connectivity index (χ1v) is 12.1. The van der Waals surface area contributed by atoms with Crippen LogP contribution < -0.4 is 5.73 Å². The van der Waals surface area contributed by atoms with Crippen molar-refractivity contribution in [2.45, 2.75) is 98.0 Å². The van der Waals surface area contributed by atoms with Crippen molar-refractivity contribution >= 4 is 11.5 Å². The number of fused-ring (bicyclic) bond motifs is 5. The van der Waals surface area contributed by atoms with Crippen molar-refractivity contribution in [3.63, 3.8) is 0 Å². The Morgan fingerprint density at radius 3 is 2.52 bits per heavy atom. The van der Waals surface area contributed by atoms with Crippen LogP contribution in [0, 0.1) is 40.4 Å². The summed E-state index contributed by atoms with van der Waals surface area (Å²) >= 11 is 0. The number of Topliss-reactive ketones (excluding diaryl/α,β-unsaturated/α-hetero) is 1. The van der Waals surface area contributed by atoms with Crippen molar-refractivity contribution in [2.24, 2.45) is 51.3 Å². The summed E-state index contributed by atoms with van der Waals surface area (Å²) in [6.45, 7) is 11.7. The van der Waals surface area contributed by atoms with Gasteiger partial charge in [-0.15, -0.1) is 0 Å². The molecule has 0 aliphatic heterocycles. The lowest BCUT2D eigenvalue weighted by atomic mass is 9.43. The van der Waals surface area contributed by atoms with Crippen LogP contribution in [0.1, 0.15) is 92.4 Å². The minimum Gasteiger partial charge on any atom is -0.389 e. The second-order valence-corrected chi connectivity index (χ2v) is 11.6. The topological polar surface area (TPSA) is 64.7 Å². The highest BCUT2D eigenvalue weighted by atomic mass is 16.6. The third-order valence-electron chi connectivity index (χ3n) is 9.83. The zero-order valence-electron chi connectivity index (χ0n) is 19.3. The van der Waals surface area contributed by atoms with Crippen LogP contribution in [-0.4, -0.2) is 23.6 Å². The molecule has 0 aromatic rings. The first kappa shape index (κ1) is 21.3. The Morgan fingerprint density at radius 2 is 1.83 bits per heavy atom. The summed E-state index contributed by atoms with van der Waals surface area (Å²) in [5.41, 5.74) is 7.08. The van der Waals surface area contributed by atoms with E-state index in [2.05, 4.69) is 25.9 Å². The molecule has 7 atom stereocenters. The molecule has 0 aromatic heterocycles. The molecule has 4 heteroatoms. The molecule has 4 aliphatic rings. The second kappa shape index (κ2) is 7.35.